The zero-order valence-corrected chi connectivity index (χ0v) is 14.5. The van der Waals surface area contributed by atoms with Crippen molar-refractivity contribution in [3.05, 3.63) is 27.5 Å². The molecule has 21 heavy (non-hydrogen) atoms. The van der Waals surface area contributed by atoms with Crippen LogP contribution in [0.4, 0.5) is 5.69 Å². The third kappa shape index (κ3) is 2.81. The number of carbonyl (C=O) groups is 1. The average Bonchev–Trinajstić information content (AvgIpc) is 3.07. The Hall–Kier alpha value is -1.07. The van der Waals surface area contributed by atoms with Gasteiger partial charge in [0.2, 0.25) is 0 Å². The van der Waals surface area contributed by atoms with E-state index in [1.807, 2.05) is 30.1 Å². The predicted octanol–water partition coefficient (Wildman–Crippen LogP) is 4.51. The molecule has 0 unspecified atom stereocenters. The van der Waals surface area contributed by atoms with Gasteiger partial charge in [0.05, 0.1) is 5.69 Å². The van der Waals surface area contributed by atoms with Crippen molar-refractivity contribution in [3.63, 3.8) is 0 Å². The molecule has 1 aliphatic rings. The maximum absolute atomic E-state index is 12.7. The maximum Gasteiger partial charge on any atom is 0.265 e. The second-order valence-electron chi connectivity index (χ2n) is 5.79. The Morgan fingerprint density at radius 2 is 2.14 bits per heavy atom. The molecule has 3 nitrogen and oxygen atoms in total. The molecule has 0 bridgehead atoms. The van der Waals surface area contributed by atoms with Gasteiger partial charge >= 0.3 is 0 Å². The number of nitrogens with zero attached hydrogens (tertiary/aromatic N) is 1. The zero-order valence-electron chi connectivity index (χ0n) is 12.1. The van der Waals surface area contributed by atoms with Crippen LogP contribution in [-0.2, 0) is 0 Å². The van der Waals surface area contributed by atoms with E-state index < -0.39 is 0 Å². The van der Waals surface area contributed by atoms with E-state index in [9.17, 15) is 4.79 Å². The molecule has 1 fully saturated rings. The van der Waals surface area contributed by atoms with Crippen LogP contribution >= 0.6 is 27.3 Å². The van der Waals surface area contributed by atoms with Gasteiger partial charge in [0.15, 0.2) is 0 Å². The second kappa shape index (κ2) is 5.97. The fourth-order valence-corrected chi connectivity index (χ4v) is 4.98. The molecular weight excluding hydrogens is 348 g/mol. The van der Waals surface area contributed by atoms with Gasteiger partial charge in [0.25, 0.3) is 5.91 Å². The van der Waals surface area contributed by atoms with E-state index in [1.54, 1.807) is 0 Å². The topological polar surface area (TPSA) is 46.3 Å². The number of anilines is 1. The Bertz CT molecular complexity index is 676. The highest BCUT2D eigenvalue weighted by Gasteiger charge is 2.24. The minimum Gasteiger partial charge on any atom is -0.397 e. The third-order valence-corrected chi connectivity index (χ3v) is 6.07. The number of halogens is 1. The van der Waals surface area contributed by atoms with Gasteiger partial charge in [0.1, 0.15) is 4.88 Å². The number of fused-ring (bicyclic) bond motifs is 1. The fourth-order valence-electron chi connectivity index (χ4n) is 3.12. The molecule has 3 rings (SSSR count). The lowest BCUT2D eigenvalue weighted by atomic mass is 10.1. The van der Waals surface area contributed by atoms with Crippen molar-refractivity contribution in [1.29, 1.82) is 0 Å². The molecule has 1 aromatic heterocycles. The van der Waals surface area contributed by atoms with Crippen molar-refractivity contribution in [2.24, 2.45) is 5.92 Å². The summed E-state index contributed by atoms with van der Waals surface area (Å²) in [6.45, 7) is 0.841. The van der Waals surface area contributed by atoms with Crippen molar-refractivity contribution in [1.82, 2.24) is 4.90 Å². The summed E-state index contributed by atoms with van der Waals surface area (Å²) in [5.74, 6) is 0.703. The number of hydrogen-bond acceptors (Lipinski definition) is 3. The summed E-state index contributed by atoms with van der Waals surface area (Å²) in [6, 6.07) is 5.94. The van der Waals surface area contributed by atoms with Crippen LogP contribution in [0.3, 0.4) is 0 Å². The van der Waals surface area contributed by atoms with Crippen LogP contribution in [0.1, 0.15) is 35.4 Å². The lowest BCUT2D eigenvalue weighted by molar-refractivity contribution is 0.0779. The van der Waals surface area contributed by atoms with Crippen LogP contribution in [0.15, 0.2) is 22.7 Å². The molecule has 1 heterocycles. The molecule has 0 saturated heterocycles. The van der Waals surface area contributed by atoms with E-state index in [4.69, 9.17) is 5.73 Å². The van der Waals surface area contributed by atoms with Gasteiger partial charge in [0, 0.05) is 28.2 Å². The van der Waals surface area contributed by atoms with E-state index in [-0.39, 0.29) is 5.91 Å². The van der Waals surface area contributed by atoms with Gasteiger partial charge < -0.3 is 10.6 Å². The monoisotopic (exact) mass is 366 g/mol. The quantitative estimate of drug-likeness (QED) is 0.868. The highest BCUT2D eigenvalue weighted by Crippen LogP contribution is 2.38. The molecule has 1 aliphatic carbocycles. The SMILES string of the molecule is CN(CC1CCCC1)C(=O)c1sc2cccc(Br)c2c1N. The van der Waals surface area contributed by atoms with E-state index in [0.29, 0.717) is 16.5 Å². The van der Waals surface area contributed by atoms with Crippen LogP contribution in [0.5, 0.6) is 0 Å². The van der Waals surface area contributed by atoms with Gasteiger partial charge in [-0.15, -0.1) is 11.3 Å². The Balaban J connectivity index is 1.87. The summed E-state index contributed by atoms with van der Waals surface area (Å²) in [7, 11) is 1.89. The number of carbonyl (C=O) groups excluding carboxylic acids is 1. The number of benzene rings is 1. The Morgan fingerprint density at radius 3 is 2.81 bits per heavy atom. The first-order chi connectivity index (χ1) is 10.1. The molecule has 0 radical (unpaired) electrons. The zero-order chi connectivity index (χ0) is 15.0. The first kappa shape index (κ1) is 14.9. The highest BCUT2D eigenvalue weighted by atomic mass is 79.9. The molecule has 0 spiro atoms. The van der Waals surface area contributed by atoms with Crippen molar-refractivity contribution in [2.45, 2.75) is 25.7 Å². The fraction of sp³-hybridized carbons (Fsp3) is 0.438. The second-order valence-corrected chi connectivity index (χ2v) is 7.70. The first-order valence-corrected chi connectivity index (χ1v) is 8.91. The molecule has 1 saturated carbocycles. The average molecular weight is 367 g/mol. The first-order valence-electron chi connectivity index (χ1n) is 7.30. The van der Waals surface area contributed by atoms with E-state index >= 15 is 0 Å². The maximum atomic E-state index is 12.7. The number of nitrogen functional groups attached to an aromatic ring is 1. The molecule has 2 N–H and O–H groups in total. The minimum absolute atomic E-state index is 0.0486. The molecule has 0 aliphatic heterocycles. The van der Waals surface area contributed by atoms with E-state index in [1.165, 1.54) is 37.0 Å². The number of thiophene rings is 1. The molecular formula is C16H19BrN2OS. The van der Waals surface area contributed by atoms with Crippen LogP contribution < -0.4 is 5.73 Å². The highest BCUT2D eigenvalue weighted by molar-refractivity contribution is 9.10. The lowest BCUT2D eigenvalue weighted by Gasteiger charge is -2.20. The van der Waals surface area contributed by atoms with E-state index in [0.717, 1.165) is 21.1 Å². The molecule has 2 aromatic rings. The number of amides is 1. The Morgan fingerprint density at radius 1 is 1.43 bits per heavy atom. The van der Waals surface area contributed by atoms with Crippen molar-refractivity contribution >= 4 is 48.9 Å². The lowest BCUT2D eigenvalue weighted by Crippen LogP contribution is -2.31. The molecule has 112 valence electrons. The summed E-state index contributed by atoms with van der Waals surface area (Å²) >= 11 is 5.01. The van der Waals surface area contributed by atoms with Gasteiger partial charge in [-0.3, -0.25) is 4.79 Å². The third-order valence-electron chi connectivity index (χ3n) is 4.25. The van der Waals surface area contributed by atoms with Gasteiger partial charge in [-0.1, -0.05) is 34.8 Å². The normalized spacial score (nSPS) is 15.7. The van der Waals surface area contributed by atoms with Crippen LogP contribution in [-0.4, -0.2) is 24.4 Å². The summed E-state index contributed by atoms with van der Waals surface area (Å²) in [5, 5.41) is 0.958. The largest absolute Gasteiger partial charge is 0.397 e. The van der Waals surface area contributed by atoms with Crippen LogP contribution in [0.2, 0.25) is 0 Å². The summed E-state index contributed by atoms with van der Waals surface area (Å²) in [5.41, 5.74) is 6.82. The van der Waals surface area contributed by atoms with Crippen LogP contribution in [0, 0.1) is 5.92 Å². The van der Waals surface area contributed by atoms with Gasteiger partial charge in [-0.25, -0.2) is 0 Å². The van der Waals surface area contributed by atoms with Crippen molar-refractivity contribution in [2.75, 3.05) is 19.3 Å². The molecule has 1 amide bonds. The standard InChI is InChI=1S/C16H19BrN2OS/c1-19(9-10-5-2-3-6-10)16(20)15-14(18)13-11(17)7-4-8-12(13)21-15/h4,7-8,10H,2-3,5-6,9,18H2,1H3. The molecule has 1 aromatic carbocycles. The minimum atomic E-state index is 0.0486. The Kier molecular flexibility index (Phi) is 4.22. The predicted molar refractivity (Wildman–Crippen MR) is 92.9 cm³/mol. The van der Waals surface area contributed by atoms with E-state index in [2.05, 4.69) is 15.9 Å². The smallest absolute Gasteiger partial charge is 0.265 e. The van der Waals surface area contributed by atoms with Gasteiger partial charge in [-0.05, 0) is 30.9 Å². The summed E-state index contributed by atoms with van der Waals surface area (Å²) in [4.78, 5) is 15.2. The number of nitrogens with two attached hydrogens (primary N) is 1. The van der Waals surface area contributed by atoms with Crippen molar-refractivity contribution in [3.8, 4) is 0 Å². The number of hydrogen-bond donors (Lipinski definition) is 1. The molecule has 5 heteroatoms. The molecule has 0 atom stereocenters. The van der Waals surface area contributed by atoms with Gasteiger partial charge in [-0.2, -0.15) is 0 Å². The summed E-state index contributed by atoms with van der Waals surface area (Å²) < 4.78 is 2.01. The Labute approximate surface area is 137 Å². The van der Waals surface area contributed by atoms with Crippen molar-refractivity contribution < 1.29 is 4.79 Å². The summed E-state index contributed by atoms with van der Waals surface area (Å²) in [6.07, 6.45) is 5.07. The number of rotatable bonds is 3. The van der Waals surface area contributed by atoms with Crippen LogP contribution in [0.25, 0.3) is 10.1 Å².